The molecule has 0 atom stereocenters. The van der Waals surface area contributed by atoms with Gasteiger partial charge in [0, 0.05) is 37.2 Å². The molecule has 0 saturated carbocycles. The Bertz CT molecular complexity index is 2460. The second-order valence-corrected chi connectivity index (χ2v) is 11.9. The van der Waals surface area contributed by atoms with Crippen molar-refractivity contribution < 1.29 is 4.42 Å². The molecular formula is C40H25NOS. The fraction of sp³-hybridized carbons (Fsp3) is 0. The van der Waals surface area contributed by atoms with Crippen molar-refractivity contribution in [1.29, 1.82) is 0 Å². The smallest absolute Gasteiger partial charge is 0.153 e. The fourth-order valence-corrected chi connectivity index (χ4v) is 7.75. The maximum Gasteiger partial charge on any atom is 0.153 e. The zero-order chi connectivity index (χ0) is 28.3. The molecule has 9 rings (SSSR count). The van der Waals surface area contributed by atoms with E-state index in [1.807, 2.05) is 17.4 Å². The van der Waals surface area contributed by atoms with Crippen molar-refractivity contribution in [3.63, 3.8) is 0 Å². The molecule has 2 nitrogen and oxygen atoms in total. The molecular weight excluding hydrogens is 543 g/mol. The molecule has 0 aliphatic carbocycles. The third kappa shape index (κ3) is 3.72. The van der Waals surface area contributed by atoms with Crippen LogP contribution in [0.2, 0.25) is 0 Å². The summed E-state index contributed by atoms with van der Waals surface area (Å²) in [6, 6.07) is 54.2. The van der Waals surface area contributed by atoms with Crippen LogP contribution in [0.1, 0.15) is 0 Å². The molecule has 0 amide bonds. The number of fused-ring (bicyclic) bond motifs is 8. The van der Waals surface area contributed by atoms with E-state index >= 15 is 0 Å². The number of nitrogens with zero attached hydrogens (tertiary/aromatic N) is 1. The third-order valence-electron chi connectivity index (χ3n) is 8.45. The quantitative estimate of drug-likeness (QED) is 0.210. The molecule has 2 heterocycles. The highest BCUT2D eigenvalue weighted by Crippen LogP contribution is 2.51. The van der Waals surface area contributed by atoms with Gasteiger partial charge in [0.25, 0.3) is 0 Å². The van der Waals surface area contributed by atoms with E-state index in [-0.39, 0.29) is 0 Å². The fourth-order valence-electron chi connectivity index (χ4n) is 6.55. The predicted molar refractivity (Wildman–Crippen MR) is 184 cm³/mol. The second-order valence-electron chi connectivity index (χ2n) is 10.9. The van der Waals surface area contributed by atoms with E-state index in [0.717, 1.165) is 39.0 Å². The first kappa shape index (κ1) is 24.2. The number of hydrogen-bond acceptors (Lipinski definition) is 3. The van der Waals surface area contributed by atoms with Crippen LogP contribution in [0.5, 0.6) is 0 Å². The van der Waals surface area contributed by atoms with E-state index in [2.05, 4.69) is 150 Å². The van der Waals surface area contributed by atoms with Crippen LogP contribution in [0, 0.1) is 0 Å². The van der Waals surface area contributed by atoms with E-state index in [9.17, 15) is 0 Å². The Morgan fingerprint density at radius 3 is 2.07 bits per heavy atom. The maximum atomic E-state index is 6.60. The van der Waals surface area contributed by atoms with E-state index in [0.29, 0.717) is 0 Å². The topological polar surface area (TPSA) is 16.4 Å². The summed E-state index contributed by atoms with van der Waals surface area (Å²) in [5.74, 6) is 0. The summed E-state index contributed by atoms with van der Waals surface area (Å²) >= 11 is 1.81. The Balaban J connectivity index is 1.49. The van der Waals surface area contributed by atoms with Gasteiger partial charge in [0.15, 0.2) is 5.58 Å². The van der Waals surface area contributed by atoms with Gasteiger partial charge in [0.05, 0.1) is 21.8 Å². The molecule has 43 heavy (non-hydrogen) atoms. The van der Waals surface area contributed by atoms with Gasteiger partial charge < -0.3 is 9.32 Å². The Labute approximate surface area is 252 Å². The first-order chi connectivity index (χ1) is 21.3. The minimum absolute atomic E-state index is 0.912. The van der Waals surface area contributed by atoms with Gasteiger partial charge in [0.1, 0.15) is 5.58 Å². The van der Waals surface area contributed by atoms with Crippen molar-refractivity contribution in [3.05, 3.63) is 152 Å². The number of hydrogen-bond donors (Lipinski definition) is 0. The Morgan fingerprint density at radius 1 is 0.488 bits per heavy atom. The lowest BCUT2D eigenvalue weighted by Crippen LogP contribution is -2.12. The molecule has 7 aromatic carbocycles. The van der Waals surface area contributed by atoms with Crippen LogP contribution in [0.3, 0.4) is 0 Å². The van der Waals surface area contributed by atoms with E-state index in [1.54, 1.807) is 0 Å². The van der Waals surface area contributed by atoms with Crippen molar-refractivity contribution in [2.24, 2.45) is 0 Å². The van der Waals surface area contributed by atoms with E-state index in [4.69, 9.17) is 4.42 Å². The summed E-state index contributed by atoms with van der Waals surface area (Å²) in [5.41, 5.74) is 7.65. The monoisotopic (exact) mass is 567 g/mol. The molecule has 0 N–H and O–H groups in total. The summed E-state index contributed by atoms with van der Waals surface area (Å²) in [4.78, 5) is 2.48. The highest BCUT2D eigenvalue weighted by molar-refractivity contribution is 7.26. The van der Waals surface area contributed by atoms with Gasteiger partial charge >= 0.3 is 0 Å². The van der Waals surface area contributed by atoms with Gasteiger partial charge in [-0.2, -0.15) is 0 Å². The molecule has 0 saturated heterocycles. The number of rotatable bonds is 4. The Kier molecular flexibility index (Phi) is 5.40. The van der Waals surface area contributed by atoms with E-state index < -0.39 is 0 Å². The lowest BCUT2D eigenvalue weighted by Gasteiger charge is -2.30. The van der Waals surface area contributed by atoms with Crippen LogP contribution in [0.4, 0.5) is 17.1 Å². The molecule has 0 radical (unpaired) electrons. The van der Waals surface area contributed by atoms with Crippen LogP contribution in [-0.2, 0) is 0 Å². The summed E-state index contributed by atoms with van der Waals surface area (Å²) in [5, 5.41) is 7.13. The van der Waals surface area contributed by atoms with Crippen LogP contribution in [-0.4, -0.2) is 0 Å². The SMILES string of the molecule is c1ccc(-c2ccccc2N(c2cccc3ccccc23)c2cc3c4ccccc4oc3c3sc4ccccc4c23)cc1. The van der Waals surface area contributed by atoms with Gasteiger partial charge in [-0.25, -0.2) is 0 Å². The summed E-state index contributed by atoms with van der Waals surface area (Å²) in [6.07, 6.45) is 0. The number of benzene rings is 7. The van der Waals surface area contributed by atoms with Gasteiger partial charge in [-0.1, -0.05) is 121 Å². The molecule has 3 heteroatoms. The first-order valence-corrected chi connectivity index (χ1v) is 15.3. The number of para-hydroxylation sites is 2. The van der Waals surface area contributed by atoms with Crippen LogP contribution in [0.15, 0.2) is 156 Å². The summed E-state index contributed by atoms with van der Waals surface area (Å²) < 4.78 is 9.02. The molecule has 9 aromatic rings. The number of anilines is 3. The van der Waals surface area contributed by atoms with Gasteiger partial charge in [-0.05, 0) is 41.3 Å². The average Bonchev–Trinajstić information content (AvgIpc) is 3.65. The summed E-state index contributed by atoms with van der Waals surface area (Å²) in [7, 11) is 0. The Hall–Kier alpha value is -5.38. The van der Waals surface area contributed by atoms with Gasteiger partial charge in [0.2, 0.25) is 0 Å². The standard InChI is InChI=1S/C40H25NOS/c1-2-13-26(14-3-1)28-18-6-9-21-33(28)41(34-22-12-16-27-15-4-5-17-29(27)34)35-25-32-30-19-7-10-23-36(30)42-39(32)40-38(35)31-20-8-11-24-37(31)43-40/h1-25H. The molecule has 0 aliphatic heterocycles. The van der Waals surface area contributed by atoms with Crippen LogP contribution in [0.25, 0.3) is 64.0 Å². The minimum atomic E-state index is 0.912. The molecule has 2 aromatic heterocycles. The van der Waals surface area contributed by atoms with E-state index in [1.165, 1.54) is 42.1 Å². The zero-order valence-electron chi connectivity index (χ0n) is 23.2. The third-order valence-corrected chi connectivity index (χ3v) is 9.62. The number of furan rings is 1. The molecule has 202 valence electrons. The number of thiophene rings is 1. The molecule has 0 unspecified atom stereocenters. The van der Waals surface area contributed by atoms with Crippen LogP contribution < -0.4 is 4.90 Å². The molecule has 0 aliphatic rings. The highest BCUT2D eigenvalue weighted by Gasteiger charge is 2.25. The second kappa shape index (κ2) is 9.59. The lowest BCUT2D eigenvalue weighted by atomic mass is 9.99. The van der Waals surface area contributed by atoms with Crippen LogP contribution >= 0.6 is 11.3 Å². The lowest BCUT2D eigenvalue weighted by molar-refractivity contribution is 0.673. The average molecular weight is 568 g/mol. The summed E-state index contributed by atoms with van der Waals surface area (Å²) in [6.45, 7) is 0. The van der Waals surface area contributed by atoms with Gasteiger partial charge in [-0.15, -0.1) is 11.3 Å². The molecule has 0 fully saturated rings. The minimum Gasteiger partial charge on any atom is -0.455 e. The van der Waals surface area contributed by atoms with Crippen molar-refractivity contribution in [2.75, 3.05) is 4.90 Å². The molecule has 0 bridgehead atoms. The van der Waals surface area contributed by atoms with Crippen molar-refractivity contribution in [1.82, 2.24) is 0 Å². The van der Waals surface area contributed by atoms with Crippen molar-refractivity contribution in [3.8, 4) is 11.1 Å². The first-order valence-electron chi connectivity index (χ1n) is 14.5. The largest absolute Gasteiger partial charge is 0.455 e. The highest BCUT2D eigenvalue weighted by atomic mass is 32.1. The normalized spacial score (nSPS) is 11.7. The maximum absolute atomic E-state index is 6.60. The van der Waals surface area contributed by atoms with Crippen molar-refractivity contribution >= 4 is 81.3 Å². The Morgan fingerprint density at radius 2 is 1.16 bits per heavy atom. The zero-order valence-corrected chi connectivity index (χ0v) is 24.0. The molecule has 0 spiro atoms. The van der Waals surface area contributed by atoms with Crippen molar-refractivity contribution in [2.45, 2.75) is 0 Å². The predicted octanol–water partition coefficient (Wildman–Crippen LogP) is 12.2. The van der Waals surface area contributed by atoms with Gasteiger partial charge in [-0.3, -0.25) is 0 Å².